The summed E-state index contributed by atoms with van der Waals surface area (Å²) in [6.07, 6.45) is 0.350. The average molecular weight is 468 g/mol. The highest BCUT2D eigenvalue weighted by Gasteiger charge is 2.35. The summed E-state index contributed by atoms with van der Waals surface area (Å²) in [5.41, 5.74) is 1.84. The number of amides is 1. The van der Waals surface area contributed by atoms with Gasteiger partial charge in [-0.25, -0.2) is 8.78 Å². The van der Waals surface area contributed by atoms with E-state index in [1.807, 2.05) is 6.07 Å². The Morgan fingerprint density at radius 3 is 2.61 bits per heavy atom. The molecule has 166 valence electrons. The van der Waals surface area contributed by atoms with E-state index in [-0.39, 0.29) is 40.5 Å². The summed E-state index contributed by atoms with van der Waals surface area (Å²) < 4.78 is 29.0. The van der Waals surface area contributed by atoms with Gasteiger partial charge in [0.2, 0.25) is 5.56 Å². The third kappa shape index (κ3) is 3.44. The first-order valence-corrected chi connectivity index (χ1v) is 10.5. The third-order valence-electron chi connectivity index (χ3n) is 5.84. The number of aromatic amines is 1. The molecule has 2 N–H and O–H groups in total. The lowest BCUT2D eigenvalue weighted by molar-refractivity contribution is 0.0983. The fraction of sp³-hybridized carbons (Fsp3) is 0.174. The monoisotopic (exact) mass is 467 g/mol. The number of rotatable bonds is 0. The van der Waals surface area contributed by atoms with Crippen molar-refractivity contribution < 1.29 is 13.6 Å². The molecule has 10 heteroatoms. The molecule has 0 spiro atoms. The maximum Gasteiger partial charge on any atom is 0.261 e. The van der Waals surface area contributed by atoms with E-state index in [1.165, 1.54) is 29.2 Å². The Balaban J connectivity index is 1.81. The van der Waals surface area contributed by atoms with Crippen molar-refractivity contribution in [1.29, 1.82) is 5.26 Å². The van der Waals surface area contributed by atoms with Gasteiger partial charge in [-0.1, -0.05) is 11.6 Å². The molecule has 0 radical (unpaired) electrons. The van der Waals surface area contributed by atoms with Crippen molar-refractivity contribution in [3.05, 3.63) is 85.8 Å². The summed E-state index contributed by atoms with van der Waals surface area (Å²) in [6.45, 7) is 0.320. The molecule has 0 saturated carbocycles. The van der Waals surface area contributed by atoms with Crippen molar-refractivity contribution in [3.63, 3.8) is 0 Å². The molecular formula is C23H16ClF2N5O2. The summed E-state index contributed by atoms with van der Waals surface area (Å²) >= 11 is 6.23. The van der Waals surface area contributed by atoms with Gasteiger partial charge in [-0.2, -0.15) is 5.26 Å². The molecule has 0 unspecified atom stereocenters. The molecule has 5 rings (SSSR count). The standard InChI is InChI=1S/C23H16ClF2N5O2/c24-15-8-13-20(7-12(15)9-27)30-11-31(23(13)33)19-3-4-21(32)29-17(19)5-6-28-10-14-18(30)2-1-16(25)22(14)26/h1-4,7-8,28H,5-6,10-11H2,(H,29,32). The van der Waals surface area contributed by atoms with Crippen LogP contribution in [0.15, 0.2) is 41.2 Å². The number of anilines is 3. The normalized spacial score (nSPS) is 15.2. The lowest BCUT2D eigenvalue weighted by Gasteiger charge is -2.39. The molecule has 7 nitrogen and oxygen atoms in total. The van der Waals surface area contributed by atoms with Crippen LogP contribution in [-0.2, 0) is 13.0 Å². The minimum Gasteiger partial charge on any atom is -0.324 e. The number of H-pyrrole nitrogens is 1. The lowest BCUT2D eigenvalue weighted by Crippen LogP contribution is -2.46. The van der Waals surface area contributed by atoms with Crippen LogP contribution in [0.2, 0.25) is 5.02 Å². The highest BCUT2D eigenvalue weighted by atomic mass is 35.5. The van der Waals surface area contributed by atoms with Crippen molar-refractivity contribution in [2.45, 2.75) is 13.0 Å². The van der Waals surface area contributed by atoms with E-state index in [2.05, 4.69) is 10.3 Å². The summed E-state index contributed by atoms with van der Waals surface area (Å²) in [6, 6.07) is 10.2. The average Bonchev–Trinajstić information content (AvgIpc) is 2.82. The number of carbonyl (C=O) groups is 1. The van der Waals surface area contributed by atoms with Crippen molar-refractivity contribution in [2.75, 3.05) is 23.0 Å². The van der Waals surface area contributed by atoms with Gasteiger partial charge in [0.15, 0.2) is 11.6 Å². The first kappa shape index (κ1) is 21.1. The van der Waals surface area contributed by atoms with Gasteiger partial charge in [-0.15, -0.1) is 0 Å². The Kier molecular flexibility index (Phi) is 5.12. The Bertz CT molecular complexity index is 1420. The molecule has 2 aliphatic heterocycles. The highest BCUT2D eigenvalue weighted by Crippen LogP contribution is 2.41. The number of nitrogens with zero attached hydrogens (tertiary/aromatic N) is 3. The van der Waals surface area contributed by atoms with Crippen molar-refractivity contribution in [1.82, 2.24) is 10.3 Å². The molecule has 0 saturated heterocycles. The molecule has 2 aromatic carbocycles. The fourth-order valence-electron chi connectivity index (χ4n) is 4.24. The van der Waals surface area contributed by atoms with Crippen LogP contribution >= 0.6 is 11.6 Å². The SMILES string of the molecule is N#Cc1cc2c(cc1Cl)C(=O)N1CN2c2ccc(F)c(F)c2CNCCc2[nH]c(=O)ccc21. The van der Waals surface area contributed by atoms with Gasteiger partial charge in [-0.3, -0.25) is 14.5 Å². The Morgan fingerprint density at radius 2 is 1.82 bits per heavy atom. The Labute approximate surface area is 191 Å². The van der Waals surface area contributed by atoms with Crippen LogP contribution in [0, 0.1) is 23.0 Å². The molecule has 3 aromatic rings. The molecule has 2 bridgehead atoms. The molecule has 33 heavy (non-hydrogen) atoms. The second kappa shape index (κ2) is 7.99. The van der Waals surface area contributed by atoms with Crippen LogP contribution in [0.3, 0.4) is 0 Å². The number of hydrogen-bond donors (Lipinski definition) is 2. The van der Waals surface area contributed by atoms with Crippen LogP contribution < -0.4 is 20.7 Å². The fourth-order valence-corrected chi connectivity index (χ4v) is 4.45. The number of carbonyl (C=O) groups excluding carboxylic acids is 1. The molecule has 2 aliphatic rings. The molecule has 0 atom stereocenters. The Hall–Kier alpha value is -3.74. The summed E-state index contributed by atoms with van der Waals surface area (Å²) in [4.78, 5) is 31.4. The van der Waals surface area contributed by atoms with E-state index in [4.69, 9.17) is 11.6 Å². The van der Waals surface area contributed by atoms with Crippen molar-refractivity contribution in [3.8, 4) is 6.07 Å². The van der Waals surface area contributed by atoms with Gasteiger partial charge in [0.1, 0.15) is 12.7 Å². The van der Waals surface area contributed by atoms with Crippen LogP contribution in [0.25, 0.3) is 0 Å². The zero-order valence-electron chi connectivity index (χ0n) is 17.1. The van der Waals surface area contributed by atoms with Gasteiger partial charge in [0.05, 0.1) is 33.2 Å². The van der Waals surface area contributed by atoms with E-state index in [1.54, 1.807) is 11.0 Å². The van der Waals surface area contributed by atoms with Crippen LogP contribution in [0.1, 0.15) is 27.2 Å². The van der Waals surface area contributed by atoms with Gasteiger partial charge < -0.3 is 15.2 Å². The van der Waals surface area contributed by atoms with Crippen LogP contribution in [-0.4, -0.2) is 24.1 Å². The Morgan fingerprint density at radius 1 is 1.03 bits per heavy atom. The summed E-state index contributed by atoms with van der Waals surface area (Å²) in [5.74, 6) is -2.38. The number of pyridine rings is 1. The maximum atomic E-state index is 14.9. The second-order valence-electron chi connectivity index (χ2n) is 7.74. The topological polar surface area (TPSA) is 92.2 Å². The van der Waals surface area contributed by atoms with Crippen molar-refractivity contribution in [2.24, 2.45) is 0 Å². The predicted octanol–water partition coefficient (Wildman–Crippen LogP) is 3.58. The van der Waals surface area contributed by atoms with Gasteiger partial charge in [0, 0.05) is 36.8 Å². The first-order valence-electron chi connectivity index (χ1n) is 10.1. The number of fused-ring (bicyclic) bond motifs is 8. The number of aromatic nitrogens is 1. The first-order chi connectivity index (χ1) is 15.9. The number of halogens is 3. The predicted molar refractivity (Wildman–Crippen MR) is 119 cm³/mol. The number of nitriles is 1. The minimum atomic E-state index is -0.996. The van der Waals surface area contributed by atoms with Gasteiger partial charge >= 0.3 is 0 Å². The lowest BCUT2D eigenvalue weighted by atomic mass is 10.0. The van der Waals surface area contributed by atoms with E-state index in [0.717, 1.165) is 6.07 Å². The third-order valence-corrected chi connectivity index (χ3v) is 6.15. The van der Waals surface area contributed by atoms with E-state index >= 15 is 0 Å². The highest BCUT2D eigenvalue weighted by molar-refractivity contribution is 6.32. The maximum absolute atomic E-state index is 14.9. The molecule has 1 amide bonds. The summed E-state index contributed by atoms with van der Waals surface area (Å²) in [7, 11) is 0. The largest absolute Gasteiger partial charge is 0.324 e. The van der Waals surface area contributed by atoms with Crippen LogP contribution in [0.5, 0.6) is 0 Å². The van der Waals surface area contributed by atoms with E-state index in [0.29, 0.717) is 35.7 Å². The zero-order chi connectivity index (χ0) is 23.3. The second-order valence-corrected chi connectivity index (χ2v) is 8.14. The van der Waals surface area contributed by atoms with Gasteiger partial charge in [-0.05, 0) is 30.3 Å². The molecule has 1 aromatic heterocycles. The minimum absolute atomic E-state index is 0.0177. The summed E-state index contributed by atoms with van der Waals surface area (Å²) in [5, 5.41) is 12.6. The molecule has 0 fully saturated rings. The van der Waals surface area contributed by atoms with E-state index in [9.17, 15) is 23.6 Å². The quantitative estimate of drug-likeness (QED) is 0.527. The molecule has 3 heterocycles. The molecular weight excluding hydrogens is 452 g/mol. The molecule has 0 aliphatic carbocycles. The zero-order valence-corrected chi connectivity index (χ0v) is 17.8. The number of benzene rings is 2. The van der Waals surface area contributed by atoms with Crippen LogP contribution in [0.4, 0.5) is 25.8 Å². The number of hydrogen-bond acceptors (Lipinski definition) is 5. The number of nitrogens with one attached hydrogen (secondary N) is 2. The smallest absolute Gasteiger partial charge is 0.261 e. The van der Waals surface area contributed by atoms with Crippen molar-refractivity contribution >= 4 is 34.6 Å². The van der Waals surface area contributed by atoms with Gasteiger partial charge in [0.25, 0.3) is 5.91 Å². The van der Waals surface area contributed by atoms with E-state index < -0.39 is 17.5 Å².